The Labute approximate surface area is 90.6 Å². The molecule has 1 aromatic heterocycles. The molecular formula is C13H17NO. The van der Waals surface area contributed by atoms with E-state index in [0.717, 1.165) is 17.0 Å². The van der Waals surface area contributed by atoms with Crippen LogP contribution in [0.4, 0.5) is 0 Å². The summed E-state index contributed by atoms with van der Waals surface area (Å²) in [5, 5.41) is 1.95. The molecule has 0 spiro atoms. The van der Waals surface area contributed by atoms with Gasteiger partial charge in [0.05, 0.1) is 7.11 Å². The number of rotatable bonds is 3. The fraction of sp³-hybridized carbons (Fsp3) is 0.308. The number of aromatic nitrogens is 1. The summed E-state index contributed by atoms with van der Waals surface area (Å²) in [5.74, 6) is 0. The Balaban J connectivity index is 3.25. The smallest absolute Gasteiger partial charge is 0.109 e. The van der Waals surface area contributed by atoms with E-state index in [1.807, 2.05) is 12.1 Å². The van der Waals surface area contributed by atoms with Crippen LogP contribution in [0.15, 0.2) is 30.0 Å². The maximum atomic E-state index is 4.98. The van der Waals surface area contributed by atoms with Crippen LogP contribution in [0.3, 0.4) is 0 Å². The highest BCUT2D eigenvalue weighted by molar-refractivity contribution is 5.45. The maximum Gasteiger partial charge on any atom is 0.109 e. The minimum Gasteiger partial charge on any atom is -0.502 e. The van der Waals surface area contributed by atoms with Crippen molar-refractivity contribution in [2.24, 2.45) is 0 Å². The van der Waals surface area contributed by atoms with E-state index < -0.39 is 0 Å². The third-order valence-corrected chi connectivity index (χ3v) is 2.01. The molecular weight excluding hydrogens is 186 g/mol. The Morgan fingerprint density at radius 3 is 3.00 bits per heavy atom. The lowest BCUT2D eigenvalue weighted by Gasteiger charge is -1.93. The minimum atomic E-state index is 0.865. The molecule has 0 aromatic carbocycles. The third-order valence-electron chi connectivity index (χ3n) is 2.01. The number of allylic oxidation sites excluding steroid dienone is 2. The number of methoxy groups -OCH3 is 1. The van der Waals surface area contributed by atoms with Gasteiger partial charge in [0.1, 0.15) is 11.6 Å². The number of hydrogen-bond acceptors (Lipinski definition) is 2. The van der Waals surface area contributed by atoms with Crippen molar-refractivity contribution in [2.45, 2.75) is 20.3 Å². The van der Waals surface area contributed by atoms with Gasteiger partial charge < -0.3 is 4.74 Å². The summed E-state index contributed by atoms with van der Waals surface area (Å²) in [6, 6.07) is 3.96. The first-order valence-corrected chi connectivity index (χ1v) is 5.10. The van der Waals surface area contributed by atoms with Gasteiger partial charge in [0, 0.05) is 11.4 Å². The molecule has 80 valence electrons. The maximum absolute atomic E-state index is 4.98. The lowest BCUT2D eigenvalue weighted by atomic mass is 10.2. The lowest BCUT2D eigenvalue weighted by molar-refractivity contribution is 0.390. The fourth-order valence-corrected chi connectivity index (χ4v) is 1.39. The van der Waals surface area contributed by atoms with E-state index in [4.69, 9.17) is 4.74 Å². The molecule has 0 aliphatic carbocycles. The fourth-order valence-electron chi connectivity index (χ4n) is 1.39. The molecule has 2 heteroatoms. The quantitative estimate of drug-likeness (QED) is 0.744. The molecule has 0 bridgehead atoms. The molecule has 0 fully saturated rings. The molecule has 0 radical (unpaired) electrons. The van der Waals surface area contributed by atoms with Gasteiger partial charge >= 0.3 is 0 Å². The molecule has 0 unspecified atom stereocenters. The second-order valence-corrected chi connectivity index (χ2v) is 3.33. The highest BCUT2D eigenvalue weighted by atomic mass is 16.5. The summed E-state index contributed by atoms with van der Waals surface area (Å²) >= 11 is 0. The van der Waals surface area contributed by atoms with E-state index in [1.54, 1.807) is 19.6 Å². The van der Waals surface area contributed by atoms with Crippen LogP contribution in [0, 0.1) is 0 Å². The van der Waals surface area contributed by atoms with Crippen molar-refractivity contribution in [2.75, 3.05) is 7.11 Å². The summed E-state index contributed by atoms with van der Waals surface area (Å²) in [7, 11) is 1.63. The Bertz CT molecular complexity index is 446. The molecule has 0 saturated carbocycles. The first kappa shape index (κ1) is 11.5. The SMILES string of the molecule is CC\C=C(C)/C=c1/cccn/c1=C\OC. The van der Waals surface area contributed by atoms with Gasteiger partial charge in [0.15, 0.2) is 0 Å². The van der Waals surface area contributed by atoms with Crippen molar-refractivity contribution in [3.63, 3.8) is 0 Å². The Morgan fingerprint density at radius 2 is 2.33 bits per heavy atom. The minimum absolute atomic E-state index is 0.865. The first-order valence-electron chi connectivity index (χ1n) is 5.10. The normalized spacial score (nSPS) is 14.5. The van der Waals surface area contributed by atoms with E-state index in [1.165, 1.54) is 5.57 Å². The predicted molar refractivity (Wildman–Crippen MR) is 63.5 cm³/mol. The summed E-state index contributed by atoms with van der Waals surface area (Å²) in [4.78, 5) is 4.24. The van der Waals surface area contributed by atoms with Crippen LogP contribution in [-0.4, -0.2) is 12.1 Å². The molecule has 0 aliphatic rings. The van der Waals surface area contributed by atoms with Crippen molar-refractivity contribution in [3.8, 4) is 0 Å². The molecule has 0 N–H and O–H groups in total. The van der Waals surface area contributed by atoms with Crippen LogP contribution < -0.4 is 10.6 Å². The second-order valence-electron chi connectivity index (χ2n) is 3.33. The van der Waals surface area contributed by atoms with E-state index in [0.29, 0.717) is 0 Å². The number of pyridine rings is 1. The zero-order valence-electron chi connectivity index (χ0n) is 9.53. The average Bonchev–Trinajstić information content (AvgIpc) is 2.21. The molecule has 1 heterocycles. The molecule has 1 aromatic rings. The molecule has 0 aliphatic heterocycles. The second kappa shape index (κ2) is 6.02. The Morgan fingerprint density at radius 1 is 1.53 bits per heavy atom. The summed E-state index contributed by atoms with van der Waals surface area (Å²) < 4.78 is 4.98. The highest BCUT2D eigenvalue weighted by Gasteiger charge is 1.87. The number of hydrogen-bond donors (Lipinski definition) is 0. The van der Waals surface area contributed by atoms with Crippen LogP contribution in [0.1, 0.15) is 20.3 Å². The summed E-state index contributed by atoms with van der Waals surface area (Å²) in [6.45, 7) is 4.22. The van der Waals surface area contributed by atoms with Gasteiger partial charge in [0.2, 0.25) is 0 Å². The van der Waals surface area contributed by atoms with E-state index in [-0.39, 0.29) is 0 Å². The van der Waals surface area contributed by atoms with Crippen molar-refractivity contribution in [1.82, 2.24) is 4.98 Å². The molecule has 0 amide bonds. The van der Waals surface area contributed by atoms with Crippen molar-refractivity contribution in [1.29, 1.82) is 0 Å². The Kier molecular flexibility index (Phi) is 4.61. The Hall–Kier alpha value is -1.57. The molecule has 2 nitrogen and oxygen atoms in total. The summed E-state index contributed by atoms with van der Waals surface area (Å²) in [6.07, 6.45) is 8.77. The predicted octanol–water partition coefficient (Wildman–Crippen LogP) is 1.60. The van der Waals surface area contributed by atoms with Crippen LogP contribution in [0.25, 0.3) is 12.3 Å². The topological polar surface area (TPSA) is 22.1 Å². The van der Waals surface area contributed by atoms with Crippen LogP contribution in [0.5, 0.6) is 0 Å². The third kappa shape index (κ3) is 3.58. The van der Waals surface area contributed by atoms with E-state index in [2.05, 4.69) is 31.0 Å². The van der Waals surface area contributed by atoms with Crippen molar-refractivity contribution in [3.05, 3.63) is 40.5 Å². The van der Waals surface area contributed by atoms with Crippen LogP contribution >= 0.6 is 0 Å². The van der Waals surface area contributed by atoms with E-state index >= 15 is 0 Å². The molecule has 0 atom stereocenters. The highest BCUT2D eigenvalue weighted by Crippen LogP contribution is 1.94. The monoisotopic (exact) mass is 203 g/mol. The standard InChI is InChI=1S/C13H17NO/c1-4-6-11(2)9-12-7-5-8-14-13(12)10-15-3/h5-10H,4H2,1-3H3/b11-6-,12-9-,13-10-. The van der Waals surface area contributed by atoms with Crippen LogP contribution in [0.2, 0.25) is 0 Å². The largest absolute Gasteiger partial charge is 0.502 e. The first-order chi connectivity index (χ1) is 7.27. The van der Waals surface area contributed by atoms with Gasteiger partial charge in [0.25, 0.3) is 0 Å². The van der Waals surface area contributed by atoms with Gasteiger partial charge in [-0.15, -0.1) is 0 Å². The summed E-state index contributed by atoms with van der Waals surface area (Å²) in [5.41, 5.74) is 1.25. The molecule has 1 rings (SSSR count). The van der Waals surface area contributed by atoms with Gasteiger partial charge in [-0.3, -0.25) is 4.98 Å². The van der Waals surface area contributed by atoms with Gasteiger partial charge in [-0.25, -0.2) is 0 Å². The number of nitrogens with zero attached hydrogens (tertiary/aromatic N) is 1. The van der Waals surface area contributed by atoms with Crippen molar-refractivity contribution < 1.29 is 4.74 Å². The number of ether oxygens (including phenoxy) is 1. The van der Waals surface area contributed by atoms with Gasteiger partial charge in [-0.05, 0) is 19.4 Å². The molecule has 0 saturated heterocycles. The zero-order chi connectivity index (χ0) is 11.1. The lowest BCUT2D eigenvalue weighted by Crippen LogP contribution is -2.27. The molecule has 15 heavy (non-hydrogen) atoms. The van der Waals surface area contributed by atoms with Gasteiger partial charge in [-0.1, -0.05) is 30.7 Å². The zero-order valence-corrected chi connectivity index (χ0v) is 9.53. The van der Waals surface area contributed by atoms with E-state index in [9.17, 15) is 0 Å². The average molecular weight is 203 g/mol. The van der Waals surface area contributed by atoms with Crippen LogP contribution in [-0.2, 0) is 4.74 Å². The van der Waals surface area contributed by atoms with Crippen molar-refractivity contribution >= 4 is 12.3 Å². The van der Waals surface area contributed by atoms with Gasteiger partial charge in [-0.2, -0.15) is 0 Å².